The maximum Gasteiger partial charge on any atom is 0.276 e. The fourth-order valence-corrected chi connectivity index (χ4v) is 3.91. The van der Waals surface area contributed by atoms with Crippen LogP contribution in [0.2, 0.25) is 0 Å². The number of carbonyl (C=O) groups is 2. The van der Waals surface area contributed by atoms with Gasteiger partial charge in [0.1, 0.15) is 0 Å². The summed E-state index contributed by atoms with van der Waals surface area (Å²) >= 11 is 4.85. The Hall–Kier alpha value is -2.86. The van der Waals surface area contributed by atoms with Gasteiger partial charge in [-0.2, -0.15) is 10.1 Å². The largest absolute Gasteiger partial charge is 0.324 e. The van der Waals surface area contributed by atoms with E-state index >= 15 is 0 Å². The van der Waals surface area contributed by atoms with Crippen LogP contribution < -0.4 is 16.1 Å². The highest BCUT2D eigenvalue weighted by molar-refractivity contribution is 7.88. The normalized spacial score (nSPS) is 19.5. The number of hydrogen-bond donors (Lipinski definition) is 5. The van der Waals surface area contributed by atoms with Crippen LogP contribution in [0.3, 0.4) is 0 Å². The summed E-state index contributed by atoms with van der Waals surface area (Å²) in [6, 6.07) is 6.71. The number of hydrazone groups is 1. The number of aromatic amines is 2. The van der Waals surface area contributed by atoms with E-state index in [1.807, 2.05) is 20.8 Å². The zero-order valence-corrected chi connectivity index (χ0v) is 17.0. The molecule has 28 heavy (non-hydrogen) atoms. The molecule has 0 aliphatic carbocycles. The maximum absolute atomic E-state index is 13.1. The average Bonchev–Trinajstić information content (AvgIpc) is 3.01. The number of carbonyl (C=O) groups excluding carboxylic acids is 2. The first-order valence-corrected chi connectivity index (χ1v) is 9.89. The second-order valence-electron chi connectivity index (χ2n) is 6.99. The first kappa shape index (κ1) is 19.9. The Morgan fingerprint density at radius 2 is 2.00 bits per heavy atom. The molecule has 3 rings (SSSR count). The number of anilines is 2. The van der Waals surface area contributed by atoms with Gasteiger partial charge in [0, 0.05) is 5.54 Å². The molecule has 5 N–H and O–H groups in total. The van der Waals surface area contributed by atoms with E-state index in [0.717, 1.165) is 0 Å². The van der Waals surface area contributed by atoms with Crippen LogP contribution in [-0.2, 0) is 20.4 Å². The van der Waals surface area contributed by atoms with Crippen molar-refractivity contribution in [3.05, 3.63) is 29.0 Å². The molecule has 0 unspecified atom stereocenters. The van der Waals surface area contributed by atoms with Crippen molar-refractivity contribution in [2.75, 3.05) is 10.6 Å². The van der Waals surface area contributed by atoms with Crippen LogP contribution in [0.25, 0.3) is 0 Å². The van der Waals surface area contributed by atoms with E-state index < -0.39 is 33.4 Å². The fourth-order valence-electron chi connectivity index (χ4n) is 2.35. The lowest BCUT2D eigenvalue weighted by atomic mass is 10.1. The lowest BCUT2D eigenvalue weighted by Crippen LogP contribution is -2.48. The van der Waals surface area contributed by atoms with Crippen molar-refractivity contribution in [1.82, 2.24) is 20.6 Å². The van der Waals surface area contributed by atoms with Gasteiger partial charge >= 0.3 is 0 Å². The molecule has 2 amide bonds. The Labute approximate surface area is 168 Å². The Morgan fingerprint density at radius 1 is 1.29 bits per heavy atom. The summed E-state index contributed by atoms with van der Waals surface area (Å²) in [5.74, 6) is -1.26. The van der Waals surface area contributed by atoms with Gasteiger partial charge in [0.25, 0.3) is 5.91 Å². The second-order valence-corrected chi connectivity index (χ2v) is 8.88. The van der Waals surface area contributed by atoms with Crippen molar-refractivity contribution in [1.29, 1.82) is 0 Å². The van der Waals surface area contributed by atoms with E-state index in [1.54, 1.807) is 24.3 Å². The van der Waals surface area contributed by atoms with E-state index in [1.165, 1.54) is 0 Å². The third kappa shape index (κ3) is 4.34. The fraction of sp³-hybridized carbons (Fsp3) is 0.312. The molecule has 148 valence electrons. The molecule has 0 fully saturated rings. The van der Waals surface area contributed by atoms with Crippen LogP contribution in [0.15, 0.2) is 34.3 Å². The van der Waals surface area contributed by atoms with Crippen LogP contribution in [0.4, 0.5) is 11.6 Å². The van der Waals surface area contributed by atoms with Gasteiger partial charge in [-0.1, -0.05) is 12.1 Å². The van der Waals surface area contributed by atoms with Gasteiger partial charge in [-0.3, -0.25) is 29.3 Å². The minimum atomic E-state index is -1.82. The van der Waals surface area contributed by atoms with E-state index in [0.29, 0.717) is 10.6 Å². The lowest BCUT2D eigenvalue weighted by Gasteiger charge is -2.25. The Morgan fingerprint density at radius 3 is 2.64 bits per heavy atom. The molecule has 0 spiro atoms. The molecule has 1 aromatic heterocycles. The van der Waals surface area contributed by atoms with Crippen LogP contribution in [0.5, 0.6) is 0 Å². The predicted molar refractivity (Wildman–Crippen MR) is 108 cm³/mol. The Balaban J connectivity index is 1.98. The number of para-hydroxylation sites is 1. The third-order valence-electron chi connectivity index (χ3n) is 3.54. The molecular weight excluding hydrogens is 402 g/mol. The quantitative estimate of drug-likeness (QED) is 0.286. The summed E-state index contributed by atoms with van der Waals surface area (Å²) in [6.07, 6.45) is 0. The number of nitrogens with zero attached hydrogens (tertiary/aromatic N) is 2. The molecular formula is C16H19N7O3S2. The van der Waals surface area contributed by atoms with Gasteiger partial charge in [0.05, 0.1) is 21.4 Å². The zero-order valence-electron chi connectivity index (χ0n) is 15.3. The van der Waals surface area contributed by atoms with Crippen molar-refractivity contribution in [2.24, 2.45) is 5.10 Å². The van der Waals surface area contributed by atoms with Crippen molar-refractivity contribution in [3.63, 3.8) is 0 Å². The van der Waals surface area contributed by atoms with Gasteiger partial charge < -0.3 is 10.7 Å². The minimum absolute atomic E-state index is 0.0564. The molecule has 12 heteroatoms. The molecule has 1 aliphatic heterocycles. The van der Waals surface area contributed by atoms with Crippen LogP contribution in [0, 0.1) is 4.77 Å². The number of aromatic nitrogens is 3. The van der Waals surface area contributed by atoms with E-state index in [-0.39, 0.29) is 16.4 Å². The number of rotatable bonds is 4. The summed E-state index contributed by atoms with van der Waals surface area (Å²) in [4.78, 5) is 29.8. The van der Waals surface area contributed by atoms with Crippen LogP contribution in [0.1, 0.15) is 20.8 Å². The summed E-state index contributed by atoms with van der Waals surface area (Å²) < 4.78 is 13.2. The number of amides is 2. The number of benzene rings is 1. The van der Waals surface area contributed by atoms with Crippen molar-refractivity contribution in [2.45, 2.75) is 36.5 Å². The minimum Gasteiger partial charge on any atom is -0.324 e. The highest BCUT2D eigenvalue weighted by atomic mass is 32.2. The van der Waals surface area contributed by atoms with Crippen molar-refractivity contribution < 1.29 is 13.8 Å². The highest BCUT2D eigenvalue weighted by Crippen LogP contribution is 2.28. The number of nitrogens with one attached hydrogen (secondary N) is 5. The molecule has 10 nitrogen and oxygen atoms in total. The van der Waals surface area contributed by atoms with E-state index in [9.17, 15) is 13.8 Å². The molecule has 1 aliphatic rings. The lowest BCUT2D eigenvalue weighted by molar-refractivity contribution is -0.116. The molecule has 2 atom stereocenters. The van der Waals surface area contributed by atoms with Crippen LogP contribution >= 0.6 is 12.2 Å². The highest BCUT2D eigenvalue weighted by Gasteiger charge is 2.40. The zero-order chi connectivity index (χ0) is 20.5. The van der Waals surface area contributed by atoms with Crippen molar-refractivity contribution in [3.8, 4) is 0 Å². The third-order valence-corrected chi connectivity index (χ3v) is 5.39. The first-order valence-electron chi connectivity index (χ1n) is 8.27. The molecule has 0 radical (unpaired) electrons. The number of hydrogen-bond acceptors (Lipinski definition) is 7. The van der Waals surface area contributed by atoms with Crippen molar-refractivity contribution >= 4 is 52.2 Å². The maximum atomic E-state index is 13.1. The molecule has 1 aromatic carbocycles. The summed E-state index contributed by atoms with van der Waals surface area (Å²) in [6.45, 7) is 5.51. The Bertz CT molecular complexity index is 1040. The van der Waals surface area contributed by atoms with Gasteiger partial charge in [-0.15, -0.1) is 0 Å². The standard InChI is InChI=1S/C16H19N7O3S2/c1-16(2,3)23-20-10(12(24)18-14-19-15(27)22-21-14)11-13(25)17-8-6-4-5-7-9(8)28(11)26/h4-7,11,23H,1-3H3,(H,17,25)(H3,18,19,21,22,24,27)/b20-10+/t11-,28+/m1/s1. The molecule has 0 saturated carbocycles. The Kier molecular flexibility index (Phi) is 5.42. The van der Waals surface area contributed by atoms with Crippen LogP contribution in [-0.4, -0.2) is 47.7 Å². The first-order chi connectivity index (χ1) is 13.2. The molecule has 2 aromatic rings. The predicted octanol–water partition coefficient (Wildman–Crippen LogP) is 1.28. The monoisotopic (exact) mass is 421 g/mol. The topological polar surface area (TPSA) is 144 Å². The summed E-state index contributed by atoms with van der Waals surface area (Å²) in [5.41, 5.74) is 2.54. The van der Waals surface area contributed by atoms with Gasteiger partial charge in [-0.05, 0) is 45.1 Å². The van der Waals surface area contributed by atoms with Gasteiger partial charge in [0.2, 0.25) is 16.6 Å². The molecule has 0 saturated heterocycles. The smallest absolute Gasteiger partial charge is 0.276 e. The number of fused-ring (bicyclic) bond motifs is 1. The second kappa shape index (κ2) is 7.64. The number of H-pyrrole nitrogens is 2. The van der Waals surface area contributed by atoms with Gasteiger partial charge in [-0.25, -0.2) is 0 Å². The summed E-state index contributed by atoms with van der Waals surface area (Å²) in [7, 11) is -1.82. The molecule has 0 bridgehead atoms. The molecule has 2 heterocycles. The van der Waals surface area contributed by atoms with E-state index in [2.05, 4.69) is 36.3 Å². The summed E-state index contributed by atoms with van der Waals surface area (Å²) in [5, 5.41) is 13.1. The van der Waals surface area contributed by atoms with Gasteiger partial charge in [0.15, 0.2) is 11.0 Å². The van der Waals surface area contributed by atoms with E-state index in [4.69, 9.17) is 12.2 Å². The average molecular weight is 422 g/mol. The SMILES string of the molecule is CC(C)(C)N/N=C(/C(=O)Nc1nc(=S)[nH][nH]1)[C@@H]1C(=O)Nc2ccccc2[S@@]1=O.